The van der Waals surface area contributed by atoms with Gasteiger partial charge in [0.15, 0.2) is 0 Å². The third-order valence-corrected chi connectivity index (χ3v) is 7.11. The Morgan fingerprint density at radius 3 is 2.66 bits per heavy atom. The molecule has 1 spiro atoms. The zero-order valence-electron chi connectivity index (χ0n) is 18.9. The second kappa shape index (κ2) is 7.50. The van der Waals surface area contributed by atoms with Crippen LogP contribution in [-0.4, -0.2) is 61.5 Å². The summed E-state index contributed by atoms with van der Waals surface area (Å²) in [5, 5.41) is 2.97. The van der Waals surface area contributed by atoms with Crippen molar-refractivity contribution in [2.45, 2.75) is 57.7 Å². The summed E-state index contributed by atoms with van der Waals surface area (Å²) in [5.41, 5.74) is 1.78. The molecule has 1 saturated heterocycles. The highest BCUT2D eigenvalue weighted by molar-refractivity contribution is 5.92. The monoisotopic (exact) mass is 438 g/mol. The molecule has 2 aromatic heterocycles. The Kier molecular flexibility index (Phi) is 4.87. The largest absolute Gasteiger partial charge is 0.347 e. The van der Waals surface area contributed by atoms with E-state index in [1.165, 1.54) is 0 Å². The molecule has 3 aliphatic heterocycles. The molecule has 0 bridgehead atoms. The number of fused-ring (bicyclic) bond motifs is 3. The molecule has 3 aliphatic rings. The van der Waals surface area contributed by atoms with E-state index in [-0.39, 0.29) is 29.0 Å². The number of likely N-dealkylation sites (tertiary alicyclic amines) is 1. The average Bonchev–Trinajstić information content (AvgIpc) is 3.47. The minimum absolute atomic E-state index is 0.0312. The zero-order valence-corrected chi connectivity index (χ0v) is 18.9. The number of nitrogens with one attached hydrogen (secondary N) is 1. The number of hydrogen-bond donors (Lipinski definition) is 1. The fourth-order valence-electron chi connectivity index (χ4n) is 5.35. The third-order valence-electron chi connectivity index (χ3n) is 7.11. The van der Waals surface area contributed by atoms with Crippen molar-refractivity contribution in [2.75, 3.05) is 19.6 Å². The first-order valence-corrected chi connectivity index (χ1v) is 11.4. The summed E-state index contributed by atoms with van der Waals surface area (Å²) in [6, 6.07) is 3.69. The molecule has 0 saturated carbocycles. The highest BCUT2D eigenvalue weighted by Gasteiger charge is 2.48. The highest BCUT2D eigenvalue weighted by atomic mass is 16.2. The molecule has 0 aromatic carbocycles. The van der Waals surface area contributed by atoms with Gasteiger partial charge in [-0.1, -0.05) is 0 Å². The molecule has 5 heterocycles. The summed E-state index contributed by atoms with van der Waals surface area (Å²) in [5.74, 6) is 0.760. The van der Waals surface area contributed by atoms with E-state index in [1.807, 2.05) is 38.1 Å². The summed E-state index contributed by atoms with van der Waals surface area (Å²) in [4.78, 5) is 47.5. The normalized spacial score (nSPS) is 21.9. The molecule has 1 unspecified atom stereocenters. The Hall–Kier alpha value is -3.10. The second-order valence-corrected chi connectivity index (χ2v) is 9.60. The van der Waals surface area contributed by atoms with Gasteiger partial charge in [0.2, 0.25) is 0 Å². The molecular formula is C23H30N6O3. The molecule has 32 heavy (non-hydrogen) atoms. The molecular weight excluding hydrogens is 408 g/mol. The molecule has 1 fully saturated rings. The number of hydrogen-bond acceptors (Lipinski definition) is 4. The number of amides is 3. The van der Waals surface area contributed by atoms with E-state index >= 15 is 0 Å². The maximum atomic E-state index is 13.4. The minimum atomic E-state index is -0.251. The Balaban J connectivity index is 1.41. The summed E-state index contributed by atoms with van der Waals surface area (Å²) in [6.45, 7) is 6.62. The molecule has 2 aromatic rings. The van der Waals surface area contributed by atoms with E-state index in [0.29, 0.717) is 50.4 Å². The molecule has 1 N–H and O–H groups in total. The van der Waals surface area contributed by atoms with Crippen LogP contribution >= 0.6 is 0 Å². The fourth-order valence-corrected chi connectivity index (χ4v) is 5.35. The zero-order chi connectivity index (χ0) is 22.6. The predicted molar refractivity (Wildman–Crippen MR) is 119 cm³/mol. The van der Waals surface area contributed by atoms with Crippen LogP contribution in [0, 0.1) is 0 Å². The van der Waals surface area contributed by atoms with Crippen molar-refractivity contribution in [3.63, 3.8) is 0 Å². The van der Waals surface area contributed by atoms with Crippen LogP contribution in [-0.2, 0) is 32.0 Å². The summed E-state index contributed by atoms with van der Waals surface area (Å²) in [7, 11) is 1.85. The van der Waals surface area contributed by atoms with E-state index < -0.39 is 0 Å². The van der Waals surface area contributed by atoms with Gasteiger partial charge in [0.25, 0.3) is 11.5 Å². The standard InChI is InChI=1S/C23H30N6O3/c1-15(2)24-22(32)28-11-7-23(14-28)8-12-29-19(30)16-13-27(10-6-17(16)25-21(23)29)20(31)18-5-4-9-26(18)3/h4-5,9,15H,6-8,10-14H2,1-3H3,(H,24,32). The molecule has 0 aliphatic carbocycles. The SMILES string of the molecule is CC(C)NC(=O)N1CCC2(CCn3c2nc2c(c3=O)CN(C(=O)c3cccn3C)CC2)C1. The molecule has 170 valence electrons. The Labute approximate surface area is 187 Å². The lowest BCUT2D eigenvalue weighted by molar-refractivity contribution is 0.0722. The lowest BCUT2D eigenvalue weighted by atomic mass is 9.85. The van der Waals surface area contributed by atoms with E-state index in [9.17, 15) is 14.4 Å². The first kappa shape index (κ1) is 20.8. The fraction of sp³-hybridized carbons (Fsp3) is 0.565. The number of rotatable bonds is 2. The van der Waals surface area contributed by atoms with Crippen LogP contribution in [0.15, 0.2) is 23.1 Å². The van der Waals surface area contributed by atoms with Gasteiger partial charge >= 0.3 is 6.03 Å². The van der Waals surface area contributed by atoms with Crippen molar-refractivity contribution in [1.29, 1.82) is 0 Å². The van der Waals surface area contributed by atoms with Crippen LogP contribution in [0.5, 0.6) is 0 Å². The van der Waals surface area contributed by atoms with Crippen molar-refractivity contribution in [3.8, 4) is 0 Å². The Morgan fingerprint density at radius 2 is 1.94 bits per heavy atom. The van der Waals surface area contributed by atoms with Gasteiger partial charge in [0.1, 0.15) is 11.5 Å². The molecule has 9 nitrogen and oxygen atoms in total. The topological polar surface area (TPSA) is 92.5 Å². The van der Waals surface area contributed by atoms with Gasteiger partial charge < -0.3 is 19.7 Å². The minimum Gasteiger partial charge on any atom is -0.347 e. The van der Waals surface area contributed by atoms with Gasteiger partial charge in [-0.25, -0.2) is 9.78 Å². The number of nitrogens with zero attached hydrogens (tertiary/aromatic N) is 5. The van der Waals surface area contributed by atoms with Crippen LogP contribution in [0.25, 0.3) is 0 Å². The Bertz CT molecular complexity index is 1150. The van der Waals surface area contributed by atoms with Crippen LogP contribution in [0.4, 0.5) is 4.79 Å². The lowest BCUT2D eigenvalue weighted by Crippen LogP contribution is -2.44. The number of urea groups is 1. The summed E-state index contributed by atoms with van der Waals surface area (Å²) in [6.07, 6.45) is 4.06. The van der Waals surface area contributed by atoms with Crippen LogP contribution in [0.3, 0.4) is 0 Å². The Morgan fingerprint density at radius 1 is 1.16 bits per heavy atom. The van der Waals surface area contributed by atoms with Gasteiger partial charge in [-0.2, -0.15) is 0 Å². The van der Waals surface area contributed by atoms with Gasteiger partial charge in [0.05, 0.1) is 17.8 Å². The van der Waals surface area contributed by atoms with Crippen molar-refractivity contribution in [1.82, 2.24) is 29.2 Å². The van der Waals surface area contributed by atoms with E-state index in [2.05, 4.69) is 5.32 Å². The quantitative estimate of drug-likeness (QED) is 0.764. The van der Waals surface area contributed by atoms with Gasteiger partial charge in [-0.15, -0.1) is 0 Å². The number of aryl methyl sites for hydroxylation is 1. The maximum absolute atomic E-state index is 13.4. The highest BCUT2D eigenvalue weighted by Crippen LogP contribution is 2.41. The second-order valence-electron chi connectivity index (χ2n) is 9.60. The summed E-state index contributed by atoms with van der Waals surface area (Å²) < 4.78 is 3.59. The number of aromatic nitrogens is 3. The molecule has 3 amide bonds. The first-order valence-electron chi connectivity index (χ1n) is 11.4. The van der Waals surface area contributed by atoms with Gasteiger partial charge in [-0.3, -0.25) is 14.2 Å². The van der Waals surface area contributed by atoms with Crippen molar-refractivity contribution in [3.05, 3.63) is 51.5 Å². The third kappa shape index (κ3) is 3.22. The number of carbonyl (C=O) groups excluding carboxylic acids is 2. The first-order chi connectivity index (χ1) is 15.3. The van der Waals surface area contributed by atoms with Crippen molar-refractivity contribution in [2.24, 2.45) is 7.05 Å². The van der Waals surface area contributed by atoms with E-state index in [0.717, 1.165) is 24.4 Å². The smallest absolute Gasteiger partial charge is 0.317 e. The van der Waals surface area contributed by atoms with Gasteiger partial charge in [-0.05, 0) is 38.8 Å². The van der Waals surface area contributed by atoms with E-state index in [4.69, 9.17) is 4.98 Å². The van der Waals surface area contributed by atoms with Crippen LogP contribution in [0.2, 0.25) is 0 Å². The van der Waals surface area contributed by atoms with Crippen LogP contribution < -0.4 is 10.9 Å². The number of carbonyl (C=O) groups is 2. The van der Waals surface area contributed by atoms with Crippen LogP contribution in [0.1, 0.15) is 54.3 Å². The molecule has 9 heteroatoms. The van der Waals surface area contributed by atoms with Gasteiger partial charge in [0, 0.05) is 57.3 Å². The maximum Gasteiger partial charge on any atom is 0.317 e. The lowest BCUT2D eigenvalue weighted by Gasteiger charge is -2.30. The van der Waals surface area contributed by atoms with Crippen molar-refractivity contribution >= 4 is 11.9 Å². The summed E-state index contributed by atoms with van der Waals surface area (Å²) >= 11 is 0. The predicted octanol–water partition coefficient (Wildman–Crippen LogP) is 1.25. The van der Waals surface area contributed by atoms with Crippen molar-refractivity contribution < 1.29 is 9.59 Å². The molecule has 5 rings (SSSR count). The molecule has 0 radical (unpaired) electrons. The molecule has 1 atom stereocenters. The van der Waals surface area contributed by atoms with E-state index in [1.54, 1.807) is 20.1 Å². The average molecular weight is 439 g/mol.